The van der Waals surface area contributed by atoms with E-state index in [1.165, 1.54) is 0 Å². The van der Waals surface area contributed by atoms with E-state index >= 15 is 0 Å². The van der Waals surface area contributed by atoms with Gasteiger partial charge in [-0.1, -0.05) is 6.07 Å². The van der Waals surface area contributed by atoms with Gasteiger partial charge in [0.25, 0.3) is 0 Å². The largest absolute Gasteiger partial charge is 0.325 e. The zero-order valence-electron chi connectivity index (χ0n) is 8.19. The molecular weight excluding hydrogens is 213 g/mol. The highest BCUT2D eigenvalue weighted by Crippen LogP contribution is 2.23. The lowest BCUT2D eigenvalue weighted by molar-refractivity contribution is 0.421. The van der Waals surface area contributed by atoms with Gasteiger partial charge in [0.05, 0.1) is 17.1 Å². The fraction of sp³-hybridized carbons (Fsp3) is 0.300. The Bertz CT molecular complexity index is 422. The predicted octanol–water partition coefficient (Wildman–Crippen LogP) is 2.04. The summed E-state index contributed by atoms with van der Waals surface area (Å²) in [5.74, 6) is 0. The molecule has 0 saturated heterocycles. The van der Waals surface area contributed by atoms with E-state index in [1.807, 2.05) is 23.6 Å². The molecule has 0 bridgehead atoms. The number of hydrogen-bond donors (Lipinski definition) is 1. The third-order valence-corrected chi connectivity index (χ3v) is 3.03. The SMILES string of the molecule is NCc1cc(-c2cccs2)nn1CCF. The maximum absolute atomic E-state index is 12.2. The minimum Gasteiger partial charge on any atom is -0.325 e. The number of nitrogens with zero attached hydrogens (tertiary/aromatic N) is 2. The first kappa shape index (κ1) is 10.3. The van der Waals surface area contributed by atoms with E-state index < -0.39 is 6.67 Å². The molecule has 0 atom stereocenters. The molecule has 5 heteroatoms. The van der Waals surface area contributed by atoms with Crippen molar-refractivity contribution in [2.45, 2.75) is 13.1 Å². The number of aryl methyl sites for hydroxylation is 1. The van der Waals surface area contributed by atoms with Crippen LogP contribution in [-0.2, 0) is 13.1 Å². The van der Waals surface area contributed by atoms with Gasteiger partial charge in [-0.25, -0.2) is 4.39 Å². The Morgan fingerprint density at radius 1 is 1.53 bits per heavy atom. The number of nitrogens with two attached hydrogens (primary N) is 1. The molecule has 0 aliphatic rings. The van der Waals surface area contributed by atoms with E-state index in [2.05, 4.69) is 5.10 Å². The minimum absolute atomic E-state index is 0.276. The van der Waals surface area contributed by atoms with E-state index in [-0.39, 0.29) is 6.54 Å². The standard InChI is InChI=1S/C10H12FN3S/c11-3-4-14-8(7-12)6-9(13-14)10-2-1-5-15-10/h1-2,5-6H,3-4,7,12H2. The molecule has 0 saturated carbocycles. The number of hydrogen-bond acceptors (Lipinski definition) is 3. The molecule has 0 aliphatic heterocycles. The molecule has 2 N–H and O–H groups in total. The fourth-order valence-corrected chi connectivity index (χ4v) is 2.12. The third kappa shape index (κ3) is 2.08. The molecule has 0 spiro atoms. The van der Waals surface area contributed by atoms with E-state index in [9.17, 15) is 4.39 Å². The normalized spacial score (nSPS) is 10.8. The number of rotatable bonds is 4. The smallest absolute Gasteiger partial charge is 0.109 e. The average molecular weight is 225 g/mol. The lowest BCUT2D eigenvalue weighted by Crippen LogP contribution is -2.09. The summed E-state index contributed by atoms with van der Waals surface area (Å²) in [5.41, 5.74) is 7.31. The molecular formula is C10H12FN3S. The van der Waals surface area contributed by atoms with E-state index in [0.717, 1.165) is 16.3 Å². The van der Waals surface area contributed by atoms with Crippen LogP contribution in [0.4, 0.5) is 4.39 Å². The quantitative estimate of drug-likeness (QED) is 0.865. The van der Waals surface area contributed by atoms with Gasteiger partial charge in [0.15, 0.2) is 0 Å². The second kappa shape index (κ2) is 4.55. The van der Waals surface area contributed by atoms with Crippen molar-refractivity contribution in [3.8, 4) is 10.6 Å². The molecule has 0 radical (unpaired) electrons. The molecule has 2 rings (SSSR count). The summed E-state index contributed by atoms with van der Waals surface area (Å²) in [6, 6.07) is 5.88. The van der Waals surface area contributed by atoms with Crippen LogP contribution in [0.2, 0.25) is 0 Å². The molecule has 0 amide bonds. The first-order valence-corrected chi connectivity index (χ1v) is 5.59. The lowest BCUT2D eigenvalue weighted by atomic mass is 10.3. The maximum atomic E-state index is 12.2. The van der Waals surface area contributed by atoms with Crippen LogP contribution < -0.4 is 5.73 Å². The topological polar surface area (TPSA) is 43.8 Å². The van der Waals surface area contributed by atoms with E-state index in [0.29, 0.717) is 6.54 Å². The van der Waals surface area contributed by atoms with Gasteiger partial charge in [-0.15, -0.1) is 11.3 Å². The second-order valence-corrected chi connectivity index (χ2v) is 4.06. The Labute approximate surface area is 91.3 Å². The number of halogens is 1. The summed E-state index contributed by atoms with van der Waals surface area (Å²) in [4.78, 5) is 1.09. The van der Waals surface area contributed by atoms with E-state index in [1.54, 1.807) is 16.0 Å². The van der Waals surface area contributed by atoms with Crippen molar-refractivity contribution < 1.29 is 4.39 Å². The molecule has 2 aromatic heterocycles. The third-order valence-electron chi connectivity index (χ3n) is 2.14. The predicted molar refractivity (Wildman–Crippen MR) is 59.4 cm³/mol. The molecule has 0 unspecified atom stereocenters. The fourth-order valence-electron chi connectivity index (χ4n) is 1.44. The van der Waals surface area contributed by atoms with Crippen LogP contribution in [0.1, 0.15) is 5.69 Å². The number of aromatic nitrogens is 2. The van der Waals surface area contributed by atoms with Crippen LogP contribution in [0, 0.1) is 0 Å². The first-order valence-electron chi connectivity index (χ1n) is 4.72. The minimum atomic E-state index is -0.418. The molecule has 0 aliphatic carbocycles. The van der Waals surface area contributed by atoms with Gasteiger partial charge in [0, 0.05) is 6.54 Å². The van der Waals surface area contributed by atoms with Crippen LogP contribution in [0.25, 0.3) is 10.6 Å². The lowest BCUT2D eigenvalue weighted by Gasteiger charge is -2.00. The Morgan fingerprint density at radius 3 is 3.00 bits per heavy atom. The monoisotopic (exact) mass is 225 g/mol. The van der Waals surface area contributed by atoms with Crippen LogP contribution in [0.15, 0.2) is 23.6 Å². The van der Waals surface area contributed by atoms with Gasteiger partial charge in [0.1, 0.15) is 12.4 Å². The second-order valence-electron chi connectivity index (χ2n) is 3.11. The Morgan fingerprint density at radius 2 is 2.40 bits per heavy atom. The Kier molecular flexibility index (Phi) is 3.13. The van der Waals surface area contributed by atoms with Crippen LogP contribution >= 0.6 is 11.3 Å². The Balaban J connectivity index is 2.34. The summed E-state index contributed by atoms with van der Waals surface area (Å²) in [6.45, 7) is 0.245. The van der Waals surface area contributed by atoms with Crippen molar-refractivity contribution in [1.29, 1.82) is 0 Å². The van der Waals surface area contributed by atoms with Crippen molar-refractivity contribution in [1.82, 2.24) is 9.78 Å². The van der Waals surface area contributed by atoms with Gasteiger partial charge in [-0.2, -0.15) is 5.10 Å². The van der Waals surface area contributed by atoms with Crippen molar-refractivity contribution in [3.05, 3.63) is 29.3 Å². The van der Waals surface area contributed by atoms with Gasteiger partial charge < -0.3 is 5.73 Å². The summed E-state index contributed by atoms with van der Waals surface area (Å²) >= 11 is 1.62. The highest BCUT2D eigenvalue weighted by atomic mass is 32.1. The van der Waals surface area contributed by atoms with Crippen molar-refractivity contribution >= 4 is 11.3 Å². The van der Waals surface area contributed by atoms with Gasteiger partial charge in [0.2, 0.25) is 0 Å². The average Bonchev–Trinajstić information content (AvgIpc) is 2.84. The summed E-state index contributed by atoms with van der Waals surface area (Å²) in [5, 5.41) is 6.31. The molecule has 80 valence electrons. The molecule has 0 aromatic carbocycles. The molecule has 2 heterocycles. The van der Waals surface area contributed by atoms with Crippen LogP contribution in [-0.4, -0.2) is 16.5 Å². The van der Waals surface area contributed by atoms with Crippen molar-refractivity contribution in [2.24, 2.45) is 5.73 Å². The van der Waals surface area contributed by atoms with Gasteiger partial charge in [-0.3, -0.25) is 4.68 Å². The summed E-state index contributed by atoms with van der Waals surface area (Å²) < 4.78 is 13.9. The first-order chi connectivity index (χ1) is 7.35. The number of thiophene rings is 1. The molecule has 0 fully saturated rings. The molecule has 3 nitrogen and oxygen atoms in total. The summed E-state index contributed by atoms with van der Waals surface area (Å²) in [6.07, 6.45) is 0. The highest BCUT2D eigenvalue weighted by molar-refractivity contribution is 7.13. The summed E-state index contributed by atoms with van der Waals surface area (Å²) in [7, 11) is 0. The zero-order valence-corrected chi connectivity index (χ0v) is 9.01. The van der Waals surface area contributed by atoms with Gasteiger partial charge in [-0.05, 0) is 17.5 Å². The van der Waals surface area contributed by atoms with E-state index in [4.69, 9.17) is 5.73 Å². The molecule has 15 heavy (non-hydrogen) atoms. The van der Waals surface area contributed by atoms with Crippen LogP contribution in [0.5, 0.6) is 0 Å². The highest BCUT2D eigenvalue weighted by Gasteiger charge is 2.08. The maximum Gasteiger partial charge on any atom is 0.109 e. The van der Waals surface area contributed by atoms with Crippen molar-refractivity contribution in [3.63, 3.8) is 0 Å². The van der Waals surface area contributed by atoms with Gasteiger partial charge >= 0.3 is 0 Å². The Hall–Kier alpha value is -1.20. The van der Waals surface area contributed by atoms with Crippen molar-refractivity contribution in [2.75, 3.05) is 6.67 Å². The van der Waals surface area contributed by atoms with Crippen LogP contribution in [0.3, 0.4) is 0 Å². The zero-order chi connectivity index (χ0) is 10.7. The molecule has 2 aromatic rings. The number of alkyl halides is 1.